The van der Waals surface area contributed by atoms with Crippen LogP contribution in [0.2, 0.25) is 0 Å². The summed E-state index contributed by atoms with van der Waals surface area (Å²) in [6.07, 6.45) is 1.47. The summed E-state index contributed by atoms with van der Waals surface area (Å²) in [6, 6.07) is 17.0. The second kappa shape index (κ2) is 10.1. The first kappa shape index (κ1) is 24.6. The molecule has 4 aromatic rings. The lowest BCUT2D eigenvalue weighted by molar-refractivity contribution is 0.0745. The van der Waals surface area contributed by atoms with Crippen molar-refractivity contribution in [3.05, 3.63) is 78.1 Å². The van der Waals surface area contributed by atoms with Gasteiger partial charge in [0.2, 0.25) is 20.7 Å². The van der Waals surface area contributed by atoms with Gasteiger partial charge in [0.25, 0.3) is 11.8 Å². The molecule has 1 aliphatic heterocycles. The normalized spacial score (nSPS) is 14.1. The summed E-state index contributed by atoms with van der Waals surface area (Å²) in [5.41, 5.74) is 1.52. The molecule has 0 bridgehead atoms. The molecule has 1 aliphatic rings. The maximum atomic E-state index is 13.6. The van der Waals surface area contributed by atoms with Crippen molar-refractivity contribution >= 4 is 21.6 Å². The van der Waals surface area contributed by atoms with Crippen LogP contribution in [-0.4, -0.2) is 57.0 Å². The quantitative estimate of drug-likeness (QED) is 0.352. The third-order valence-corrected chi connectivity index (χ3v) is 7.83. The number of nitrogens with zero attached hydrogens (tertiary/aromatic N) is 3. The lowest BCUT2D eigenvalue weighted by Crippen LogP contribution is -2.49. The van der Waals surface area contributed by atoms with Crippen LogP contribution in [-0.2, 0) is 9.84 Å². The van der Waals surface area contributed by atoms with Crippen LogP contribution in [0.25, 0.3) is 11.7 Å². The van der Waals surface area contributed by atoms with Gasteiger partial charge in [0.15, 0.2) is 5.76 Å². The van der Waals surface area contributed by atoms with E-state index in [0.29, 0.717) is 49.9 Å². The number of aromatic nitrogens is 1. The monoisotopic (exact) mass is 521 g/mol. The molecule has 1 saturated heterocycles. The molecule has 1 amide bonds. The fraction of sp³-hybridized carbons (Fsp3) is 0.259. The molecule has 0 atom stereocenters. The van der Waals surface area contributed by atoms with E-state index in [0.717, 1.165) is 5.56 Å². The van der Waals surface area contributed by atoms with E-state index in [1.54, 1.807) is 65.6 Å². The number of hydrogen-bond donors (Lipinski definition) is 0. The van der Waals surface area contributed by atoms with Gasteiger partial charge in [-0.05, 0) is 62.4 Å². The third-order valence-electron chi connectivity index (χ3n) is 6.16. The standard InChI is InChI=1S/C27H27N3O6S/c1-3-34-21-10-8-20(9-11-21)26(31)29-14-16-30(17-15-29)27-25(28-24(36-27)23-5-4-18-35-23)37(32,33)22-12-6-19(2)7-13-22/h4-13,18H,3,14-17H2,1-2H3. The average molecular weight is 522 g/mol. The summed E-state index contributed by atoms with van der Waals surface area (Å²) in [5.74, 6) is 1.17. The number of piperazine rings is 1. The molecule has 0 spiro atoms. The Kier molecular flexibility index (Phi) is 6.75. The van der Waals surface area contributed by atoms with Crippen molar-refractivity contribution in [2.45, 2.75) is 23.8 Å². The molecule has 2 aromatic carbocycles. The van der Waals surface area contributed by atoms with Crippen molar-refractivity contribution in [3.63, 3.8) is 0 Å². The maximum Gasteiger partial charge on any atom is 0.266 e. The first-order valence-corrected chi connectivity index (χ1v) is 13.5. The zero-order valence-corrected chi connectivity index (χ0v) is 21.4. The van der Waals surface area contributed by atoms with E-state index in [2.05, 4.69) is 4.98 Å². The molecule has 1 fully saturated rings. The van der Waals surface area contributed by atoms with E-state index in [1.165, 1.54) is 6.26 Å². The highest BCUT2D eigenvalue weighted by atomic mass is 32.2. The minimum absolute atomic E-state index is 0.0820. The van der Waals surface area contributed by atoms with E-state index in [4.69, 9.17) is 13.6 Å². The number of hydrogen-bond acceptors (Lipinski definition) is 8. The van der Waals surface area contributed by atoms with Crippen molar-refractivity contribution < 1.29 is 26.8 Å². The van der Waals surface area contributed by atoms with E-state index >= 15 is 0 Å². The van der Waals surface area contributed by atoms with E-state index in [9.17, 15) is 13.2 Å². The molecule has 0 radical (unpaired) electrons. The Morgan fingerprint density at radius 1 is 1.00 bits per heavy atom. The van der Waals surface area contributed by atoms with Crippen LogP contribution >= 0.6 is 0 Å². The summed E-state index contributed by atoms with van der Waals surface area (Å²) in [4.78, 5) is 21.0. The van der Waals surface area contributed by atoms with Crippen LogP contribution in [0, 0.1) is 6.92 Å². The fourth-order valence-electron chi connectivity index (χ4n) is 4.16. The zero-order chi connectivity index (χ0) is 26.0. The molecule has 192 valence electrons. The minimum atomic E-state index is -3.97. The summed E-state index contributed by atoms with van der Waals surface area (Å²) >= 11 is 0. The van der Waals surface area contributed by atoms with Gasteiger partial charge in [0.05, 0.1) is 17.8 Å². The largest absolute Gasteiger partial charge is 0.494 e. The molecular weight excluding hydrogens is 494 g/mol. The van der Waals surface area contributed by atoms with Crippen LogP contribution in [0.4, 0.5) is 5.88 Å². The maximum absolute atomic E-state index is 13.6. The van der Waals surface area contributed by atoms with Crippen molar-refractivity contribution in [2.24, 2.45) is 0 Å². The van der Waals surface area contributed by atoms with Crippen LogP contribution < -0.4 is 9.64 Å². The van der Waals surface area contributed by atoms with Gasteiger partial charge in [-0.3, -0.25) is 4.79 Å². The van der Waals surface area contributed by atoms with E-state index in [-0.39, 0.29) is 27.6 Å². The number of aryl methyl sites for hydroxylation is 1. The number of carbonyl (C=O) groups excluding carboxylic acids is 1. The molecule has 9 nitrogen and oxygen atoms in total. The van der Waals surface area contributed by atoms with Crippen molar-refractivity contribution in [3.8, 4) is 17.4 Å². The number of carbonyl (C=O) groups is 1. The van der Waals surface area contributed by atoms with Crippen molar-refractivity contribution in [1.82, 2.24) is 9.88 Å². The molecule has 5 rings (SSSR count). The van der Waals surface area contributed by atoms with Crippen LogP contribution in [0.1, 0.15) is 22.8 Å². The van der Waals surface area contributed by atoms with Gasteiger partial charge in [-0.2, -0.15) is 4.98 Å². The van der Waals surface area contributed by atoms with Crippen LogP contribution in [0.15, 0.2) is 85.7 Å². The first-order valence-electron chi connectivity index (χ1n) is 12.0. The number of amides is 1. The molecule has 0 saturated carbocycles. The molecule has 0 unspecified atom stereocenters. The zero-order valence-electron chi connectivity index (χ0n) is 20.6. The van der Waals surface area contributed by atoms with Crippen molar-refractivity contribution in [1.29, 1.82) is 0 Å². The SMILES string of the molecule is CCOc1ccc(C(=O)N2CCN(c3oc(-c4ccco4)nc3S(=O)(=O)c3ccc(C)cc3)CC2)cc1. The van der Waals surface area contributed by atoms with Crippen molar-refractivity contribution in [2.75, 3.05) is 37.7 Å². The number of sulfone groups is 1. The highest BCUT2D eigenvalue weighted by molar-refractivity contribution is 7.91. The topological polar surface area (TPSA) is 106 Å². The van der Waals surface area contributed by atoms with Gasteiger partial charge in [0, 0.05) is 31.7 Å². The van der Waals surface area contributed by atoms with Gasteiger partial charge in [-0.15, -0.1) is 0 Å². The second-order valence-electron chi connectivity index (χ2n) is 8.66. The Morgan fingerprint density at radius 3 is 2.32 bits per heavy atom. The molecular formula is C27H27N3O6S. The third kappa shape index (κ3) is 4.97. The number of anilines is 1. The van der Waals surface area contributed by atoms with E-state index in [1.807, 2.05) is 18.7 Å². The first-order chi connectivity index (χ1) is 17.9. The molecule has 0 aliphatic carbocycles. The van der Waals surface area contributed by atoms with Gasteiger partial charge < -0.3 is 23.4 Å². The molecule has 2 aromatic heterocycles. The summed E-state index contributed by atoms with van der Waals surface area (Å²) in [7, 11) is -3.97. The number of oxazole rings is 1. The molecule has 0 N–H and O–H groups in total. The minimum Gasteiger partial charge on any atom is -0.494 e. The van der Waals surface area contributed by atoms with E-state index < -0.39 is 9.84 Å². The van der Waals surface area contributed by atoms with Gasteiger partial charge >= 0.3 is 0 Å². The number of ether oxygens (including phenoxy) is 1. The Balaban J connectivity index is 1.39. The van der Waals surface area contributed by atoms with Gasteiger partial charge in [-0.1, -0.05) is 17.7 Å². The summed E-state index contributed by atoms with van der Waals surface area (Å²) in [5, 5.41) is -0.172. The molecule has 10 heteroatoms. The Hall–Kier alpha value is -4.05. The Morgan fingerprint density at radius 2 is 1.70 bits per heavy atom. The lowest BCUT2D eigenvalue weighted by atomic mass is 10.1. The number of furan rings is 1. The highest BCUT2D eigenvalue weighted by Crippen LogP contribution is 2.35. The molecule has 3 heterocycles. The van der Waals surface area contributed by atoms with Crippen LogP contribution in [0.3, 0.4) is 0 Å². The fourth-order valence-corrected chi connectivity index (χ4v) is 5.48. The predicted octanol–water partition coefficient (Wildman–Crippen LogP) is 4.44. The smallest absolute Gasteiger partial charge is 0.266 e. The predicted molar refractivity (Wildman–Crippen MR) is 137 cm³/mol. The number of benzene rings is 2. The average Bonchev–Trinajstić information content (AvgIpc) is 3.60. The molecule has 37 heavy (non-hydrogen) atoms. The van der Waals surface area contributed by atoms with Gasteiger partial charge in [-0.25, -0.2) is 8.42 Å². The van der Waals surface area contributed by atoms with Crippen LogP contribution in [0.5, 0.6) is 5.75 Å². The summed E-state index contributed by atoms with van der Waals surface area (Å²) < 4.78 is 44.0. The Labute approximate surface area is 215 Å². The van der Waals surface area contributed by atoms with Gasteiger partial charge in [0.1, 0.15) is 5.75 Å². The highest BCUT2D eigenvalue weighted by Gasteiger charge is 2.34. The Bertz CT molecular complexity index is 1470. The summed E-state index contributed by atoms with van der Waals surface area (Å²) in [6.45, 7) is 5.90. The lowest BCUT2D eigenvalue weighted by Gasteiger charge is -2.34. The second-order valence-corrected chi connectivity index (χ2v) is 10.5. The number of rotatable bonds is 7.